The summed E-state index contributed by atoms with van der Waals surface area (Å²) < 4.78 is 2.66. The van der Waals surface area contributed by atoms with Crippen LogP contribution in [-0.2, 0) is 0 Å². The first-order chi connectivity index (χ1) is 23.8. The standard InChI is InChI=1S/C46H29NS/c1-2-10-32-27-35(23-19-30(32)9-1)47(36-24-25-41-39-13-4-3-11-37(39)38-12-5-6-14-40(38)43(41)29-36)34-21-17-31(18-22-34)33-20-26-46-44(28-33)42-15-7-8-16-45(42)48-46/h1-29H. The first-order valence-electron chi connectivity index (χ1n) is 16.4. The summed E-state index contributed by atoms with van der Waals surface area (Å²) in [6.07, 6.45) is 0. The van der Waals surface area contributed by atoms with E-state index in [2.05, 4.69) is 181 Å². The van der Waals surface area contributed by atoms with Crippen LogP contribution in [0.3, 0.4) is 0 Å². The molecule has 1 heterocycles. The van der Waals surface area contributed by atoms with E-state index in [1.54, 1.807) is 0 Å². The van der Waals surface area contributed by atoms with E-state index in [9.17, 15) is 0 Å². The molecule has 0 saturated carbocycles. The topological polar surface area (TPSA) is 3.24 Å². The Labute approximate surface area is 282 Å². The minimum absolute atomic E-state index is 1.13. The van der Waals surface area contributed by atoms with Gasteiger partial charge in [0.25, 0.3) is 0 Å². The summed E-state index contributed by atoms with van der Waals surface area (Å²) in [5.74, 6) is 0. The van der Waals surface area contributed by atoms with Gasteiger partial charge in [0.15, 0.2) is 0 Å². The number of anilines is 3. The number of fused-ring (bicyclic) bond motifs is 10. The zero-order valence-corrected chi connectivity index (χ0v) is 26.9. The van der Waals surface area contributed by atoms with Gasteiger partial charge in [0.1, 0.15) is 0 Å². The third-order valence-electron chi connectivity index (χ3n) is 9.81. The molecule has 0 amide bonds. The third-order valence-corrected chi connectivity index (χ3v) is 11.0. The van der Waals surface area contributed by atoms with Gasteiger partial charge in [-0.2, -0.15) is 0 Å². The molecule has 0 spiro atoms. The van der Waals surface area contributed by atoms with Crippen LogP contribution in [0.5, 0.6) is 0 Å². The number of benzene rings is 9. The predicted molar refractivity (Wildman–Crippen MR) is 209 cm³/mol. The molecule has 0 fully saturated rings. The summed E-state index contributed by atoms with van der Waals surface area (Å²) in [7, 11) is 0. The zero-order valence-electron chi connectivity index (χ0n) is 26.1. The van der Waals surface area contributed by atoms with Gasteiger partial charge in [0, 0.05) is 37.2 Å². The van der Waals surface area contributed by atoms with Gasteiger partial charge < -0.3 is 4.90 Å². The molecular weight excluding hydrogens is 599 g/mol. The number of rotatable bonds is 4. The molecular formula is C46H29NS. The van der Waals surface area contributed by atoms with E-state index >= 15 is 0 Å². The lowest BCUT2D eigenvalue weighted by atomic mass is 9.94. The Hall–Kier alpha value is -5.96. The van der Waals surface area contributed by atoms with Crippen molar-refractivity contribution in [3.8, 4) is 11.1 Å². The summed E-state index contributed by atoms with van der Waals surface area (Å²) >= 11 is 1.86. The van der Waals surface area contributed by atoms with E-state index < -0.39 is 0 Å². The molecule has 224 valence electrons. The lowest BCUT2D eigenvalue weighted by Gasteiger charge is -2.27. The van der Waals surface area contributed by atoms with Crippen molar-refractivity contribution in [3.63, 3.8) is 0 Å². The van der Waals surface area contributed by atoms with E-state index in [0.29, 0.717) is 0 Å². The lowest BCUT2D eigenvalue weighted by molar-refractivity contribution is 1.29. The van der Waals surface area contributed by atoms with Gasteiger partial charge in [-0.3, -0.25) is 0 Å². The fourth-order valence-electron chi connectivity index (χ4n) is 7.51. The van der Waals surface area contributed by atoms with Crippen LogP contribution in [-0.4, -0.2) is 0 Å². The molecule has 0 aliphatic carbocycles. The largest absolute Gasteiger partial charge is 0.310 e. The first kappa shape index (κ1) is 27.2. The highest BCUT2D eigenvalue weighted by Crippen LogP contribution is 2.42. The van der Waals surface area contributed by atoms with Gasteiger partial charge in [0.05, 0.1) is 0 Å². The quantitative estimate of drug-likeness (QED) is 0.176. The number of thiophene rings is 1. The Morgan fingerprint density at radius 3 is 1.56 bits per heavy atom. The van der Waals surface area contributed by atoms with Crippen molar-refractivity contribution >= 4 is 91.7 Å². The third kappa shape index (κ3) is 4.31. The van der Waals surface area contributed by atoms with E-state index in [0.717, 1.165) is 17.1 Å². The maximum atomic E-state index is 2.40. The molecule has 0 atom stereocenters. The van der Waals surface area contributed by atoms with Crippen LogP contribution in [0.1, 0.15) is 0 Å². The average Bonchev–Trinajstić information content (AvgIpc) is 3.53. The fraction of sp³-hybridized carbons (Fsp3) is 0. The molecule has 0 saturated heterocycles. The normalized spacial score (nSPS) is 11.8. The van der Waals surface area contributed by atoms with Gasteiger partial charge in [-0.05, 0) is 109 Å². The minimum Gasteiger partial charge on any atom is -0.310 e. The number of hydrogen-bond donors (Lipinski definition) is 0. The maximum Gasteiger partial charge on any atom is 0.0468 e. The van der Waals surface area contributed by atoms with Gasteiger partial charge in [-0.25, -0.2) is 0 Å². The van der Waals surface area contributed by atoms with E-state index in [1.165, 1.54) is 74.4 Å². The molecule has 0 aliphatic heterocycles. The Morgan fingerprint density at radius 2 is 0.812 bits per heavy atom. The van der Waals surface area contributed by atoms with Gasteiger partial charge in [-0.1, -0.05) is 121 Å². The van der Waals surface area contributed by atoms with E-state index in [-0.39, 0.29) is 0 Å². The second-order valence-electron chi connectivity index (χ2n) is 12.5. The fourth-order valence-corrected chi connectivity index (χ4v) is 8.59. The highest BCUT2D eigenvalue weighted by atomic mass is 32.1. The van der Waals surface area contributed by atoms with Crippen LogP contribution in [0.2, 0.25) is 0 Å². The Bertz CT molecular complexity index is 2810. The molecule has 0 aliphatic rings. The van der Waals surface area contributed by atoms with E-state index in [1.807, 2.05) is 11.3 Å². The van der Waals surface area contributed by atoms with Gasteiger partial charge >= 0.3 is 0 Å². The zero-order chi connectivity index (χ0) is 31.6. The molecule has 0 bridgehead atoms. The lowest BCUT2D eigenvalue weighted by Crippen LogP contribution is -2.10. The average molecular weight is 628 g/mol. The van der Waals surface area contributed by atoms with Crippen molar-refractivity contribution in [3.05, 3.63) is 176 Å². The second kappa shape index (κ2) is 10.8. The van der Waals surface area contributed by atoms with Crippen molar-refractivity contribution in [2.45, 2.75) is 0 Å². The summed E-state index contributed by atoms with van der Waals surface area (Å²) in [6.45, 7) is 0. The molecule has 10 rings (SSSR count). The molecule has 48 heavy (non-hydrogen) atoms. The van der Waals surface area contributed by atoms with Crippen molar-refractivity contribution in [2.24, 2.45) is 0 Å². The molecule has 10 aromatic rings. The summed E-state index contributed by atoms with van der Waals surface area (Å²) in [5, 5.41) is 12.8. The molecule has 1 aromatic heterocycles. The Balaban J connectivity index is 1.15. The monoisotopic (exact) mass is 627 g/mol. The van der Waals surface area contributed by atoms with Gasteiger partial charge in [0.2, 0.25) is 0 Å². The van der Waals surface area contributed by atoms with Crippen molar-refractivity contribution in [1.29, 1.82) is 0 Å². The van der Waals surface area contributed by atoms with Crippen LogP contribution in [0, 0.1) is 0 Å². The second-order valence-corrected chi connectivity index (χ2v) is 13.6. The molecule has 0 radical (unpaired) electrons. The molecule has 2 heteroatoms. The molecule has 1 nitrogen and oxygen atoms in total. The summed E-state index contributed by atoms with van der Waals surface area (Å²) in [6, 6.07) is 64.6. The predicted octanol–water partition coefficient (Wildman–Crippen LogP) is 13.8. The Kier molecular flexibility index (Phi) is 6.12. The maximum absolute atomic E-state index is 2.40. The summed E-state index contributed by atoms with van der Waals surface area (Å²) in [5.41, 5.74) is 5.85. The highest BCUT2D eigenvalue weighted by Gasteiger charge is 2.17. The molecule has 0 unspecified atom stereocenters. The van der Waals surface area contributed by atoms with E-state index in [4.69, 9.17) is 0 Å². The SMILES string of the molecule is c1ccc2cc(N(c3ccc(-c4ccc5sc6ccccc6c5c4)cc3)c3ccc4c5ccccc5c5ccccc5c4c3)ccc2c1. The minimum atomic E-state index is 1.13. The highest BCUT2D eigenvalue weighted by molar-refractivity contribution is 7.25. The van der Waals surface area contributed by atoms with Crippen LogP contribution < -0.4 is 4.90 Å². The van der Waals surface area contributed by atoms with Gasteiger partial charge in [-0.15, -0.1) is 11.3 Å². The van der Waals surface area contributed by atoms with Crippen LogP contribution in [0.15, 0.2) is 176 Å². The van der Waals surface area contributed by atoms with Crippen molar-refractivity contribution in [1.82, 2.24) is 0 Å². The smallest absolute Gasteiger partial charge is 0.0468 e. The number of nitrogens with zero attached hydrogens (tertiary/aromatic N) is 1. The molecule has 9 aromatic carbocycles. The molecule has 0 N–H and O–H groups in total. The van der Waals surface area contributed by atoms with Crippen molar-refractivity contribution in [2.75, 3.05) is 4.90 Å². The number of hydrogen-bond acceptors (Lipinski definition) is 2. The summed E-state index contributed by atoms with van der Waals surface area (Å²) in [4.78, 5) is 2.40. The van der Waals surface area contributed by atoms with Crippen LogP contribution in [0.25, 0.3) is 74.4 Å². The van der Waals surface area contributed by atoms with Crippen LogP contribution >= 0.6 is 11.3 Å². The first-order valence-corrected chi connectivity index (χ1v) is 17.2. The van der Waals surface area contributed by atoms with Crippen LogP contribution in [0.4, 0.5) is 17.1 Å². The van der Waals surface area contributed by atoms with Crippen molar-refractivity contribution < 1.29 is 0 Å². The Morgan fingerprint density at radius 1 is 0.292 bits per heavy atom.